The lowest BCUT2D eigenvalue weighted by Crippen LogP contribution is -2.13. The summed E-state index contributed by atoms with van der Waals surface area (Å²) in [6, 6.07) is 0. The lowest BCUT2D eigenvalue weighted by Gasteiger charge is -1.95. The third-order valence-electron chi connectivity index (χ3n) is 1.00. The van der Waals surface area contributed by atoms with E-state index < -0.39 is 7.12 Å². The summed E-state index contributed by atoms with van der Waals surface area (Å²) in [7, 11) is -1.43. The molecule has 0 unspecified atom stereocenters. The van der Waals surface area contributed by atoms with Crippen molar-refractivity contribution in [1.82, 2.24) is 0 Å². The quantitative estimate of drug-likeness (QED) is 0.332. The minimum atomic E-state index is -1.43. The maximum absolute atomic E-state index is 8.61. The van der Waals surface area contributed by atoms with Gasteiger partial charge in [0, 0.05) is 6.20 Å². The van der Waals surface area contributed by atoms with Crippen LogP contribution in [0.3, 0.4) is 0 Å². The van der Waals surface area contributed by atoms with Crippen molar-refractivity contribution in [2.24, 2.45) is 4.99 Å². The summed E-state index contributed by atoms with van der Waals surface area (Å²) in [6.07, 6.45) is 4.47. The van der Waals surface area contributed by atoms with Crippen LogP contribution in [0.2, 0.25) is 0 Å². The Labute approximate surface area is 60.6 Å². The lowest BCUT2D eigenvalue weighted by atomic mass is 9.79. The highest BCUT2D eigenvalue weighted by molar-refractivity contribution is 6.51. The second-order valence-electron chi connectivity index (χ2n) is 1.66. The fraction of sp³-hybridized carbons (Fsp3) is 0.167. The maximum atomic E-state index is 8.61. The average molecular weight is 139 g/mol. The lowest BCUT2D eigenvalue weighted by molar-refractivity contribution is 0.420. The first-order valence-corrected chi connectivity index (χ1v) is 2.87. The first-order chi connectivity index (χ1) is 4.72. The summed E-state index contributed by atoms with van der Waals surface area (Å²) in [5.74, 6) is 0. The summed E-state index contributed by atoms with van der Waals surface area (Å²) in [5.41, 5.74) is 0.410. The second kappa shape index (κ2) is 4.96. The summed E-state index contributed by atoms with van der Waals surface area (Å²) in [4.78, 5) is 3.41. The van der Waals surface area contributed by atoms with Gasteiger partial charge in [-0.25, -0.2) is 0 Å². The van der Waals surface area contributed by atoms with Crippen LogP contribution >= 0.6 is 0 Å². The van der Waals surface area contributed by atoms with Crippen molar-refractivity contribution in [3.05, 3.63) is 23.8 Å². The Kier molecular flexibility index (Phi) is 4.53. The highest BCUT2D eigenvalue weighted by atomic mass is 16.4. The van der Waals surface area contributed by atoms with Crippen molar-refractivity contribution in [2.45, 2.75) is 6.92 Å². The van der Waals surface area contributed by atoms with Crippen LogP contribution in [0.1, 0.15) is 6.92 Å². The monoisotopic (exact) mass is 139 g/mol. The Balaban J connectivity index is 4.10. The van der Waals surface area contributed by atoms with Crippen molar-refractivity contribution in [3.63, 3.8) is 0 Å². The molecule has 0 aromatic rings. The first kappa shape index (κ1) is 9.13. The minimum Gasteiger partial charge on any atom is -0.423 e. The van der Waals surface area contributed by atoms with E-state index in [1.54, 1.807) is 13.0 Å². The maximum Gasteiger partial charge on any atom is 0.488 e. The van der Waals surface area contributed by atoms with Gasteiger partial charge >= 0.3 is 7.12 Å². The Morgan fingerprint density at radius 2 is 2.20 bits per heavy atom. The molecule has 0 saturated carbocycles. The smallest absolute Gasteiger partial charge is 0.423 e. The molecule has 0 heterocycles. The van der Waals surface area contributed by atoms with E-state index in [-0.39, 0.29) is 0 Å². The second-order valence-corrected chi connectivity index (χ2v) is 1.66. The van der Waals surface area contributed by atoms with Crippen LogP contribution in [0, 0.1) is 0 Å². The molecule has 0 saturated heterocycles. The Bertz CT molecular complexity index is 163. The summed E-state index contributed by atoms with van der Waals surface area (Å²) in [5, 5.41) is 17.2. The van der Waals surface area contributed by atoms with Crippen LogP contribution < -0.4 is 0 Å². The summed E-state index contributed by atoms with van der Waals surface area (Å²) < 4.78 is 0. The molecular formula is C6H10BNO2. The van der Waals surface area contributed by atoms with Gasteiger partial charge in [-0.2, -0.15) is 0 Å². The van der Waals surface area contributed by atoms with Crippen molar-refractivity contribution in [2.75, 3.05) is 0 Å². The van der Waals surface area contributed by atoms with E-state index in [1.807, 2.05) is 0 Å². The molecule has 4 heteroatoms. The zero-order valence-electron chi connectivity index (χ0n) is 5.86. The molecule has 0 aromatic carbocycles. The van der Waals surface area contributed by atoms with Gasteiger partial charge in [-0.15, -0.1) is 0 Å². The van der Waals surface area contributed by atoms with Gasteiger partial charge in [-0.1, -0.05) is 6.08 Å². The van der Waals surface area contributed by atoms with E-state index in [0.29, 0.717) is 5.47 Å². The van der Waals surface area contributed by atoms with Crippen LogP contribution in [-0.4, -0.2) is 23.9 Å². The third kappa shape index (κ3) is 3.22. The zero-order chi connectivity index (χ0) is 7.98. The van der Waals surface area contributed by atoms with Crippen molar-refractivity contribution in [1.29, 1.82) is 0 Å². The van der Waals surface area contributed by atoms with E-state index in [4.69, 9.17) is 10.0 Å². The third-order valence-corrected chi connectivity index (χ3v) is 1.00. The predicted molar refractivity (Wildman–Crippen MR) is 42.6 cm³/mol. The molecule has 10 heavy (non-hydrogen) atoms. The molecule has 0 aliphatic heterocycles. The Morgan fingerprint density at radius 3 is 2.50 bits per heavy atom. The fourth-order valence-electron chi connectivity index (χ4n) is 0.470. The van der Waals surface area contributed by atoms with Gasteiger partial charge in [-0.05, 0) is 25.2 Å². The van der Waals surface area contributed by atoms with Crippen LogP contribution in [0.5, 0.6) is 0 Å². The van der Waals surface area contributed by atoms with Gasteiger partial charge in [0.25, 0.3) is 0 Å². The molecule has 0 fully saturated rings. The van der Waals surface area contributed by atoms with Crippen molar-refractivity contribution < 1.29 is 10.0 Å². The van der Waals surface area contributed by atoms with Gasteiger partial charge < -0.3 is 10.0 Å². The Morgan fingerprint density at radius 1 is 1.60 bits per heavy atom. The van der Waals surface area contributed by atoms with E-state index in [1.165, 1.54) is 12.3 Å². The predicted octanol–water partition coefficient (Wildman–Crippen LogP) is 0.159. The van der Waals surface area contributed by atoms with Crippen LogP contribution in [0.15, 0.2) is 28.8 Å². The number of hydrogen-bond acceptors (Lipinski definition) is 3. The molecule has 0 spiro atoms. The highest BCUT2D eigenvalue weighted by Crippen LogP contribution is 1.97. The molecule has 54 valence electrons. The highest BCUT2D eigenvalue weighted by Gasteiger charge is 2.09. The minimum absolute atomic E-state index is 0.410. The van der Waals surface area contributed by atoms with Gasteiger partial charge in [0.2, 0.25) is 0 Å². The van der Waals surface area contributed by atoms with Crippen LogP contribution in [0.4, 0.5) is 0 Å². The van der Waals surface area contributed by atoms with Crippen molar-refractivity contribution in [3.8, 4) is 0 Å². The molecular weight excluding hydrogens is 129 g/mol. The molecule has 0 amide bonds. The normalized spacial score (nSPS) is 12.1. The topological polar surface area (TPSA) is 52.8 Å². The van der Waals surface area contributed by atoms with E-state index in [9.17, 15) is 0 Å². The number of aliphatic imine (C=N–C) groups is 1. The van der Waals surface area contributed by atoms with E-state index in [2.05, 4.69) is 11.7 Å². The van der Waals surface area contributed by atoms with E-state index in [0.717, 1.165) is 0 Å². The van der Waals surface area contributed by atoms with E-state index >= 15 is 0 Å². The number of allylic oxidation sites excluding steroid dienone is 3. The number of nitrogens with zero attached hydrogens (tertiary/aromatic N) is 1. The SMILES string of the molecule is C=N/C=C\C(=C/C)B(O)O. The molecule has 2 N–H and O–H groups in total. The molecule has 0 radical (unpaired) electrons. The summed E-state index contributed by atoms with van der Waals surface area (Å²) >= 11 is 0. The van der Waals surface area contributed by atoms with Crippen molar-refractivity contribution >= 4 is 13.8 Å². The van der Waals surface area contributed by atoms with Gasteiger partial charge in [0.05, 0.1) is 0 Å². The molecule has 0 aromatic heterocycles. The Hall–Kier alpha value is -0.865. The molecule has 0 aliphatic carbocycles. The molecule has 0 rings (SSSR count). The molecule has 0 bridgehead atoms. The largest absolute Gasteiger partial charge is 0.488 e. The standard InChI is InChI=1S/C6H10BNO2/c1-3-6(7(9)10)4-5-8-2/h3-5,9-10H,2H2,1H3/b5-4-,6-3+. The van der Waals surface area contributed by atoms with Gasteiger partial charge in [0.1, 0.15) is 0 Å². The zero-order valence-corrected chi connectivity index (χ0v) is 5.86. The number of hydrogen-bond donors (Lipinski definition) is 2. The first-order valence-electron chi connectivity index (χ1n) is 2.87. The summed E-state index contributed by atoms with van der Waals surface area (Å²) in [6.45, 7) is 4.91. The molecule has 0 aliphatic rings. The molecule has 3 nitrogen and oxygen atoms in total. The van der Waals surface area contributed by atoms with Gasteiger partial charge in [0.15, 0.2) is 0 Å². The average Bonchev–Trinajstić information content (AvgIpc) is 1.89. The number of rotatable bonds is 3. The van der Waals surface area contributed by atoms with Crippen LogP contribution in [-0.2, 0) is 0 Å². The molecule has 0 atom stereocenters. The fourth-order valence-corrected chi connectivity index (χ4v) is 0.470. The van der Waals surface area contributed by atoms with Gasteiger partial charge in [-0.3, -0.25) is 4.99 Å². The van der Waals surface area contributed by atoms with Crippen LogP contribution in [0.25, 0.3) is 0 Å².